The molecule has 0 radical (unpaired) electrons. The first-order valence-electron chi connectivity index (χ1n) is 9.67. The van der Waals surface area contributed by atoms with Gasteiger partial charge in [0.25, 0.3) is 0 Å². The molecule has 29 heavy (non-hydrogen) atoms. The third kappa shape index (κ3) is 6.82. The number of Topliss-reactive ketones (excluding diaryl/α,β-unsaturated/α-hetero) is 1. The van der Waals surface area contributed by atoms with E-state index in [9.17, 15) is 4.79 Å². The van der Waals surface area contributed by atoms with Gasteiger partial charge in [-0.1, -0.05) is 91.0 Å². The summed E-state index contributed by atoms with van der Waals surface area (Å²) in [4.78, 5) is 12.5. The van der Waals surface area contributed by atoms with Gasteiger partial charge >= 0.3 is 0 Å². The average molecular weight is 410 g/mol. The van der Waals surface area contributed by atoms with E-state index in [1.54, 1.807) is 0 Å². The molecule has 3 aromatic rings. The van der Waals surface area contributed by atoms with Crippen LogP contribution in [0.5, 0.6) is 0 Å². The number of ketones is 1. The lowest BCUT2D eigenvalue weighted by Crippen LogP contribution is -3.00. The zero-order valence-electron chi connectivity index (χ0n) is 17.0. The number of likely N-dealkylation sites (N-methyl/N-ethyl adjacent to an activating group) is 1. The van der Waals surface area contributed by atoms with Crippen molar-refractivity contribution in [3.63, 3.8) is 0 Å². The van der Waals surface area contributed by atoms with E-state index >= 15 is 0 Å². The van der Waals surface area contributed by atoms with Gasteiger partial charge in [0.15, 0.2) is 0 Å². The predicted octanol–water partition coefficient (Wildman–Crippen LogP) is 1.76. The molecule has 0 aromatic heterocycles. The lowest BCUT2D eigenvalue weighted by atomic mass is 10.0. The molecule has 0 heterocycles. The van der Waals surface area contributed by atoms with Crippen molar-refractivity contribution in [1.82, 2.24) is 0 Å². The Morgan fingerprint density at radius 2 is 1.24 bits per heavy atom. The van der Waals surface area contributed by atoms with Gasteiger partial charge in [0, 0.05) is 5.56 Å². The number of carbonyl (C=O) groups excluding carboxylic acids is 1. The van der Waals surface area contributed by atoms with E-state index < -0.39 is 0 Å². The van der Waals surface area contributed by atoms with Crippen LogP contribution < -0.4 is 12.4 Å². The lowest BCUT2D eigenvalue weighted by molar-refractivity contribution is -0.882. The van der Waals surface area contributed by atoms with Crippen LogP contribution in [0, 0.1) is 0 Å². The van der Waals surface area contributed by atoms with Crippen molar-refractivity contribution in [2.24, 2.45) is 0 Å². The van der Waals surface area contributed by atoms with Gasteiger partial charge in [-0.3, -0.25) is 4.79 Å². The van der Waals surface area contributed by atoms with E-state index in [4.69, 9.17) is 4.74 Å². The summed E-state index contributed by atoms with van der Waals surface area (Å²) in [5.74, 6) is 0.160. The van der Waals surface area contributed by atoms with Crippen molar-refractivity contribution < 1.29 is 26.4 Å². The number of ether oxygens (including phenoxy) is 1. The van der Waals surface area contributed by atoms with Crippen molar-refractivity contribution in [3.05, 3.63) is 108 Å². The molecule has 3 nitrogen and oxygen atoms in total. The highest BCUT2D eigenvalue weighted by Gasteiger charge is 2.22. The number of rotatable bonds is 9. The molecule has 0 aliphatic rings. The van der Waals surface area contributed by atoms with Gasteiger partial charge in [0.1, 0.15) is 19.2 Å². The Morgan fingerprint density at radius 1 is 0.793 bits per heavy atom. The van der Waals surface area contributed by atoms with E-state index in [1.165, 1.54) is 0 Å². The fraction of sp³-hybridized carbons (Fsp3) is 0.240. The molecule has 0 aliphatic carbocycles. The molecule has 3 aromatic carbocycles. The molecule has 0 spiro atoms. The third-order valence-corrected chi connectivity index (χ3v) is 4.85. The largest absolute Gasteiger partial charge is 1.00 e. The van der Waals surface area contributed by atoms with Gasteiger partial charge < -0.3 is 21.6 Å². The predicted molar refractivity (Wildman–Crippen MR) is 113 cm³/mol. The average Bonchev–Trinajstić information content (AvgIpc) is 2.73. The first-order chi connectivity index (χ1) is 13.6. The van der Waals surface area contributed by atoms with Crippen molar-refractivity contribution in [3.8, 4) is 0 Å². The Labute approximate surface area is 179 Å². The lowest BCUT2D eigenvalue weighted by Gasteiger charge is -2.30. The van der Waals surface area contributed by atoms with E-state index in [1.807, 2.05) is 66.7 Å². The topological polar surface area (TPSA) is 26.3 Å². The zero-order chi connectivity index (χ0) is 19.8. The summed E-state index contributed by atoms with van der Waals surface area (Å²) in [6.45, 7) is 1.78. The van der Waals surface area contributed by atoms with Crippen molar-refractivity contribution in [1.29, 1.82) is 0 Å². The molecule has 0 amide bonds. The second kappa shape index (κ2) is 10.9. The molecule has 0 saturated heterocycles. The molecule has 0 aliphatic heterocycles. The summed E-state index contributed by atoms with van der Waals surface area (Å²) in [7, 11) is 4.15. The molecule has 0 atom stereocenters. The van der Waals surface area contributed by atoms with Gasteiger partial charge in [0.2, 0.25) is 5.78 Å². The van der Waals surface area contributed by atoms with Crippen LogP contribution in [0.3, 0.4) is 0 Å². The van der Waals surface area contributed by atoms with Crippen LogP contribution in [0.1, 0.15) is 27.6 Å². The first kappa shape index (κ1) is 22.8. The molecular weight excluding hydrogens is 382 g/mol. The quantitative estimate of drug-likeness (QED) is 0.397. The Morgan fingerprint density at radius 3 is 1.72 bits per heavy atom. The van der Waals surface area contributed by atoms with Gasteiger partial charge in [-0.2, -0.15) is 0 Å². The third-order valence-electron chi connectivity index (χ3n) is 4.85. The van der Waals surface area contributed by atoms with Crippen molar-refractivity contribution in [2.45, 2.75) is 6.10 Å². The van der Waals surface area contributed by atoms with Gasteiger partial charge in [-0.25, -0.2) is 0 Å². The summed E-state index contributed by atoms with van der Waals surface area (Å²) in [6, 6.07) is 30.0. The molecule has 152 valence electrons. The highest BCUT2D eigenvalue weighted by Crippen LogP contribution is 2.25. The van der Waals surface area contributed by atoms with Crippen LogP contribution in [0.4, 0.5) is 0 Å². The van der Waals surface area contributed by atoms with Crippen LogP contribution in [-0.2, 0) is 4.74 Å². The maximum absolute atomic E-state index is 12.5. The standard InChI is InChI=1S/C25H28NO2.ClH/c1-26(2,20-24(27)21-12-6-3-7-13-21)18-19-28-25(22-14-8-4-9-15-22)23-16-10-5-11-17-23;/h3-17,25H,18-20H2,1-2H3;1H/q+1;/p-1. The first-order valence-corrected chi connectivity index (χ1v) is 9.67. The molecule has 0 bridgehead atoms. The summed E-state index contributed by atoms with van der Waals surface area (Å²) in [5, 5.41) is 0. The highest BCUT2D eigenvalue weighted by atomic mass is 35.5. The Kier molecular flexibility index (Phi) is 8.59. The van der Waals surface area contributed by atoms with E-state index in [0.29, 0.717) is 17.6 Å². The number of halogens is 1. The number of carbonyl (C=O) groups is 1. The van der Waals surface area contributed by atoms with E-state index in [2.05, 4.69) is 38.4 Å². The second-order valence-corrected chi connectivity index (χ2v) is 7.68. The molecule has 3 rings (SSSR count). The molecule has 0 N–H and O–H groups in total. The van der Waals surface area contributed by atoms with Gasteiger partial charge in [-0.15, -0.1) is 0 Å². The van der Waals surface area contributed by atoms with Crippen molar-refractivity contribution >= 4 is 5.78 Å². The van der Waals surface area contributed by atoms with Gasteiger partial charge in [-0.05, 0) is 11.1 Å². The van der Waals surface area contributed by atoms with Gasteiger partial charge in [0.05, 0.1) is 20.7 Å². The Hall–Kier alpha value is -2.46. The van der Waals surface area contributed by atoms with Crippen molar-refractivity contribution in [2.75, 3.05) is 33.8 Å². The normalized spacial score (nSPS) is 11.1. The van der Waals surface area contributed by atoms with Crippen LogP contribution in [-0.4, -0.2) is 44.1 Å². The summed E-state index contributed by atoms with van der Waals surface area (Å²) < 4.78 is 6.90. The smallest absolute Gasteiger partial charge is 0.216 e. The summed E-state index contributed by atoms with van der Waals surface area (Å²) in [5.41, 5.74) is 3.04. The fourth-order valence-corrected chi connectivity index (χ4v) is 3.24. The second-order valence-electron chi connectivity index (χ2n) is 7.68. The molecule has 4 heteroatoms. The zero-order valence-corrected chi connectivity index (χ0v) is 17.8. The molecular formula is C25H28ClNO2. The van der Waals surface area contributed by atoms with E-state index in [0.717, 1.165) is 23.2 Å². The summed E-state index contributed by atoms with van der Waals surface area (Å²) in [6.07, 6.45) is -0.104. The fourth-order valence-electron chi connectivity index (χ4n) is 3.24. The highest BCUT2D eigenvalue weighted by molar-refractivity contribution is 5.96. The Balaban J connectivity index is 0.00000300. The summed E-state index contributed by atoms with van der Waals surface area (Å²) >= 11 is 0. The number of hydrogen-bond donors (Lipinski definition) is 0. The monoisotopic (exact) mass is 409 g/mol. The molecule has 0 fully saturated rings. The number of hydrogen-bond acceptors (Lipinski definition) is 2. The number of nitrogens with zero attached hydrogens (tertiary/aromatic N) is 1. The SMILES string of the molecule is C[N+](C)(CCOC(c1ccccc1)c1ccccc1)CC(=O)c1ccccc1.[Cl-]. The minimum atomic E-state index is -0.104. The molecule has 0 unspecified atom stereocenters. The number of benzene rings is 3. The maximum atomic E-state index is 12.5. The van der Waals surface area contributed by atoms with E-state index in [-0.39, 0.29) is 24.3 Å². The van der Waals surface area contributed by atoms with Crippen LogP contribution >= 0.6 is 0 Å². The van der Waals surface area contributed by atoms with Crippen LogP contribution in [0.15, 0.2) is 91.0 Å². The Bertz CT molecular complexity index is 828. The number of quaternary nitrogens is 1. The molecule has 0 saturated carbocycles. The maximum Gasteiger partial charge on any atom is 0.216 e. The van der Waals surface area contributed by atoms with Crippen LogP contribution in [0.25, 0.3) is 0 Å². The minimum absolute atomic E-state index is 0. The minimum Gasteiger partial charge on any atom is -1.00 e. The van der Waals surface area contributed by atoms with Crippen LogP contribution in [0.2, 0.25) is 0 Å².